The number of rotatable bonds is 6. The van der Waals surface area contributed by atoms with E-state index in [-0.39, 0.29) is 17.3 Å². The van der Waals surface area contributed by atoms with Crippen LogP contribution in [0.15, 0.2) is 66.6 Å². The Morgan fingerprint density at radius 1 is 1.06 bits per heavy atom. The normalized spacial score (nSPS) is 17.0. The van der Waals surface area contributed by atoms with Gasteiger partial charge in [-0.1, -0.05) is 24.3 Å². The topological polar surface area (TPSA) is 75.1 Å². The first-order chi connectivity index (χ1) is 16.6. The third-order valence-electron chi connectivity index (χ3n) is 6.15. The zero-order chi connectivity index (χ0) is 23.5. The van der Waals surface area contributed by atoms with E-state index in [0.717, 1.165) is 37.6 Å². The number of benzene rings is 2. The number of aromatic hydroxyl groups is 1. The Labute approximate surface area is 198 Å². The summed E-state index contributed by atoms with van der Waals surface area (Å²) in [6.07, 6.45) is 3.51. The second-order valence-electron chi connectivity index (χ2n) is 8.30. The number of hydrogen-bond donors (Lipinski definition) is 1. The van der Waals surface area contributed by atoms with Crippen molar-refractivity contribution < 1.29 is 19.4 Å². The molecule has 5 rings (SSSR count). The van der Waals surface area contributed by atoms with Crippen molar-refractivity contribution in [1.29, 1.82) is 0 Å². The minimum absolute atomic E-state index is 0.134. The number of ketones is 1. The lowest BCUT2D eigenvalue weighted by Crippen LogP contribution is -2.46. The van der Waals surface area contributed by atoms with Gasteiger partial charge >= 0.3 is 0 Å². The number of carbonyl (C=O) groups is 1. The predicted molar refractivity (Wildman–Crippen MR) is 130 cm³/mol. The zero-order valence-electron chi connectivity index (χ0n) is 19.1. The number of hydrogen-bond acceptors (Lipinski definition) is 7. The Kier molecular flexibility index (Phi) is 6.18. The molecule has 0 aliphatic carbocycles. The number of aromatic nitrogens is 1. The average Bonchev–Trinajstić information content (AvgIpc) is 3.18. The number of nitrogens with zero attached hydrogens (tertiary/aromatic N) is 3. The molecule has 1 fully saturated rings. The number of anilines is 1. The second kappa shape index (κ2) is 9.57. The smallest absolute Gasteiger partial charge is 0.231 e. The molecular formula is C27H27N3O4. The van der Waals surface area contributed by atoms with Crippen LogP contribution in [0.3, 0.4) is 0 Å². The summed E-state index contributed by atoms with van der Waals surface area (Å²) in [6.45, 7) is 6.26. The molecule has 174 valence electrons. The van der Waals surface area contributed by atoms with Gasteiger partial charge in [0.15, 0.2) is 5.76 Å². The van der Waals surface area contributed by atoms with Gasteiger partial charge in [-0.15, -0.1) is 0 Å². The average molecular weight is 458 g/mol. The van der Waals surface area contributed by atoms with E-state index in [4.69, 9.17) is 9.47 Å². The molecule has 2 aliphatic rings. The van der Waals surface area contributed by atoms with Gasteiger partial charge in [0, 0.05) is 44.5 Å². The number of carbonyl (C=O) groups excluding carboxylic acids is 1. The number of ether oxygens (including phenoxy) is 2. The summed E-state index contributed by atoms with van der Waals surface area (Å²) in [5.41, 5.74) is 1.88. The van der Waals surface area contributed by atoms with Crippen molar-refractivity contribution in [1.82, 2.24) is 9.88 Å². The number of phenols is 1. The van der Waals surface area contributed by atoms with Crippen LogP contribution in [-0.2, 0) is 6.54 Å². The third-order valence-corrected chi connectivity index (χ3v) is 6.15. The van der Waals surface area contributed by atoms with Crippen molar-refractivity contribution >= 4 is 17.7 Å². The van der Waals surface area contributed by atoms with Crippen molar-refractivity contribution in [2.45, 2.75) is 13.5 Å². The molecule has 3 aromatic rings. The molecule has 1 aromatic heterocycles. The lowest BCUT2D eigenvalue weighted by molar-refractivity contribution is 0.101. The summed E-state index contributed by atoms with van der Waals surface area (Å²) in [5.74, 6) is 2.28. The van der Waals surface area contributed by atoms with E-state index >= 15 is 0 Å². The Balaban J connectivity index is 1.35. The summed E-state index contributed by atoms with van der Waals surface area (Å²) in [6, 6.07) is 16.7. The van der Waals surface area contributed by atoms with Gasteiger partial charge in [0.05, 0.1) is 17.7 Å². The van der Waals surface area contributed by atoms with Crippen LogP contribution < -0.4 is 14.4 Å². The second-order valence-corrected chi connectivity index (χ2v) is 8.30. The highest BCUT2D eigenvalue weighted by Crippen LogP contribution is 2.40. The number of piperazine rings is 1. The van der Waals surface area contributed by atoms with Gasteiger partial charge in [-0.05, 0) is 43.3 Å². The fourth-order valence-electron chi connectivity index (χ4n) is 4.38. The molecule has 0 saturated carbocycles. The molecule has 2 aromatic carbocycles. The molecule has 0 spiro atoms. The Morgan fingerprint density at radius 2 is 1.85 bits per heavy atom. The molecule has 0 amide bonds. The maximum Gasteiger partial charge on any atom is 0.231 e. The molecule has 0 unspecified atom stereocenters. The van der Waals surface area contributed by atoms with E-state index < -0.39 is 0 Å². The van der Waals surface area contributed by atoms with Crippen LogP contribution >= 0.6 is 0 Å². The molecule has 1 saturated heterocycles. The monoisotopic (exact) mass is 457 g/mol. The Morgan fingerprint density at radius 3 is 2.62 bits per heavy atom. The van der Waals surface area contributed by atoms with Gasteiger partial charge in [0.2, 0.25) is 5.78 Å². The molecule has 3 heterocycles. The van der Waals surface area contributed by atoms with E-state index in [1.807, 2.05) is 49.4 Å². The maximum atomic E-state index is 13.1. The van der Waals surface area contributed by atoms with Crippen LogP contribution in [-0.4, -0.2) is 53.6 Å². The molecule has 1 N–H and O–H groups in total. The zero-order valence-corrected chi connectivity index (χ0v) is 19.1. The quantitative estimate of drug-likeness (QED) is 0.558. The molecule has 0 atom stereocenters. The summed E-state index contributed by atoms with van der Waals surface area (Å²) in [4.78, 5) is 22.0. The first kappa shape index (κ1) is 22.0. The van der Waals surface area contributed by atoms with Gasteiger partial charge in [-0.3, -0.25) is 9.69 Å². The molecule has 0 bridgehead atoms. The van der Waals surface area contributed by atoms with Crippen molar-refractivity contribution in [3.05, 3.63) is 83.2 Å². The number of allylic oxidation sites excluding steroid dienone is 1. The molecule has 34 heavy (non-hydrogen) atoms. The van der Waals surface area contributed by atoms with E-state index in [2.05, 4.69) is 14.8 Å². The SMILES string of the molecule is CCOc1ccccc1/C=C1\Oc2c(ccc(O)c2CN2CCN(c3ccccn3)CC2)C1=O. The summed E-state index contributed by atoms with van der Waals surface area (Å²) in [7, 11) is 0. The number of Topliss-reactive ketones (excluding diaryl/α,β-unsaturated/α-hetero) is 1. The van der Waals surface area contributed by atoms with Gasteiger partial charge < -0.3 is 19.5 Å². The predicted octanol–water partition coefficient (Wildman–Crippen LogP) is 4.12. The van der Waals surface area contributed by atoms with Crippen LogP contribution in [0.1, 0.15) is 28.4 Å². The molecular weight excluding hydrogens is 430 g/mol. The summed E-state index contributed by atoms with van der Waals surface area (Å²) < 4.78 is 11.7. The van der Waals surface area contributed by atoms with E-state index in [1.165, 1.54) is 0 Å². The Bertz CT molecular complexity index is 1220. The molecule has 7 heteroatoms. The van der Waals surface area contributed by atoms with Crippen LogP contribution in [0.4, 0.5) is 5.82 Å². The van der Waals surface area contributed by atoms with Crippen LogP contribution in [0.25, 0.3) is 6.08 Å². The minimum Gasteiger partial charge on any atom is -0.507 e. The third kappa shape index (κ3) is 4.34. The molecule has 7 nitrogen and oxygen atoms in total. The highest BCUT2D eigenvalue weighted by molar-refractivity contribution is 6.15. The van der Waals surface area contributed by atoms with Gasteiger partial charge in [-0.25, -0.2) is 4.98 Å². The van der Waals surface area contributed by atoms with Crippen molar-refractivity contribution in [2.24, 2.45) is 0 Å². The number of phenolic OH excluding ortho intramolecular Hbond substituents is 1. The van der Waals surface area contributed by atoms with E-state index in [9.17, 15) is 9.90 Å². The highest BCUT2D eigenvalue weighted by atomic mass is 16.5. The fourth-order valence-corrected chi connectivity index (χ4v) is 4.38. The molecule has 2 aliphatic heterocycles. The lowest BCUT2D eigenvalue weighted by atomic mass is 10.0. The van der Waals surface area contributed by atoms with Crippen molar-refractivity contribution in [3.63, 3.8) is 0 Å². The summed E-state index contributed by atoms with van der Waals surface area (Å²) >= 11 is 0. The fraction of sp³-hybridized carbons (Fsp3) is 0.259. The largest absolute Gasteiger partial charge is 0.507 e. The Hall–Kier alpha value is -3.84. The van der Waals surface area contributed by atoms with Crippen molar-refractivity contribution in [2.75, 3.05) is 37.7 Å². The van der Waals surface area contributed by atoms with E-state index in [0.29, 0.717) is 35.8 Å². The molecule has 0 radical (unpaired) electrons. The standard InChI is InChI=1S/C27H27N3O4/c1-2-33-23-8-4-3-7-19(23)17-24-26(32)20-10-11-22(31)21(27(20)34-24)18-29-13-15-30(16-14-29)25-9-5-6-12-28-25/h3-12,17,31H,2,13-16,18H2,1H3/b24-17-. The maximum absolute atomic E-state index is 13.1. The van der Waals surface area contributed by atoms with Crippen LogP contribution in [0.5, 0.6) is 17.2 Å². The van der Waals surface area contributed by atoms with Crippen LogP contribution in [0, 0.1) is 0 Å². The first-order valence-electron chi connectivity index (χ1n) is 11.5. The van der Waals surface area contributed by atoms with Gasteiger partial charge in [0.25, 0.3) is 0 Å². The van der Waals surface area contributed by atoms with E-state index in [1.54, 1.807) is 24.4 Å². The highest BCUT2D eigenvalue weighted by Gasteiger charge is 2.32. The summed E-state index contributed by atoms with van der Waals surface area (Å²) in [5, 5.41) is 10.6. The van der Waals surface area contributed by atoms with Gasteiger partial charge in [0.1, 0.15) is 23.1 Å². The minimum atomic E-state index is -0.192. The lowest BCUT2D eigenvalue weighted by Gasteiger charge is -2.35. The number of para-hydroxylation sites is 1. The number of pyridine rings is 1. The number of fused-ring (bicyclic) bond motifs is 1. The van der Waals surface area contributed by atoms with Crippen LogP contribution in [0.2, 0.25) is 0 Å². The van der Waals surface area contributed by atoms with Gasteiger partial charge in [-0.2, -0.15) is 0 Å². The first-order valence-corrected chi connectivity index (χ1v) is 11.5. The van der Waals surface area contributed by atoms with Crippen molar-refractivity contribution in [3.8, 4) is 17.2 Å².